The zero-order valence-electron chi connectivity index (χ0n) is 9.77. The third-order valence-corrected chi connectivity index (χ3v) is 2.74. The van der Waals surface area contributed by atoms with Gasteiger partial charge in [0, 0.05) is 23.3 Å². The fourth-order valence-electron chi connectivity index (χ4n) is 1.60. The largest absolute Gasteiger partial charge is 0.398 e. The summed E-state index contributed by atoms with van der Waals surface area (Å²) in [6, 6.07) is 8.44. The smallest absolute Gasteiger partial charge is 0.259 e. The molecule has 2 rings (SSSR count). The van der Waals surface area contributed by atoms with Crippen LogP contribution in [0.1, 0.15) is 16.1 Å². The number of hydrogen-bond donors (Lipinski definition) is 2. The molecule has 0 radical (unpaired) electrons. The van der Waals surface area contributed by atoms with Crippen molar-refractivity contribution in [1.29, 1.82) is 0 Å². The van der Waals surface area contributed by atoms with E-state index in [9.17, 15) is 4.79 Å². The highest BCUT2D eigenvalue weighted by molar-refractivity contribution is 6.35. The lowest BCUT2D eigenvalue weighted by Gasteiger charge is -2.09. The minimum Gasteiger partial charge on any atom is -0.398 e. The van der Waals surface area contributed by atoms with Crippen LogP contribution in [0.15, 0.2) is 36.5 Å². The van der Waals surface area contributed by atoms with Crippen LogP contribution in [-0.4, -0.2) is 10.9 Å². The zero-order chi connectivity index (χ0) is 13.1. The fourth-order valence-corrected chi connectivity index (χ4v) is 1.86. The standard InChI is InChI=1S/C13H12ClN3O/c1-8-7-9(5-6-16-8)17-13(18)12-10(14)3-2-4-11(12)15/h2-7H,15H2,1H3,(H,16,17,18). The summed E-state index contributed by atoms with van der Waals surface area (Å²) in [5.41, 5.74) is 7.87. The van der Waals surface area contributed by atoms with Gasteiger partial charge in [-0.2, -0.15) is 0 Å². The normalized spacial score (nSPS) is 10.1. The number of rotatable bonds is 2. The molecule has 2 aromatic rings. The van der Waals surface area contributed by atoms with Crippen molar-refractivity contribution < 1.29 is 4.79 Å². The molecule has 0 bridgehead atoms. The van der Waals surface area contributed by atoms with Crippen LogP contribution in [0.25, 0.3) is 0 Å². The third kappa shape index (κ3) is 2.60. The van der Waals surface area contributed by atoms with Gasteiger partial charge in [0.1, 0.15) is 0 Å². The molecule has 92 valence electrons. The van der Waals surface area contributed by atoms with Gasteiger partial charge in [0.2, 0.25) is 0 Å². The Balaban J connectivity index is 2.28. The van der Waals surface area contributed by atoms with Gasteiger partial charge in [-0.25, -0.2) is 0 Å². The molecule has 0 aliphatic heterocycles. The first-order valence-electron chi connectivity index (χ1n) is 5.36. The minimum absolute atomic E-state index is 0.286. The number of aromatic nitrogens is 1. The Labute approximate surface area is 110 Å². The second kappa shape index (κ2) is 5.06. The number of benzene rings is 1. The average molecular weight is 262 g/mol. The molecular weight excluding hydrogens is 250 g/mol. The number of nitrogen functional groups attached to an aromatic ring is 1. The molecule has 1 aromatic carbocycles. The van der Waals surface area contributed by atoms with E-state index in [0.717, 1.165) is 5.69 Å². The molecule has 1 aromatic heterocycles. The summed E-state index contributed by atoms with van der Waals surface area (Å²) in [6.45, 7) is 1.85. The van der Waals surface area contributed by atoms with Crippen molar-refractivity contribution in [3.05, 3.63) is 52.8 Å². The average Bonchev–Trinajstić information content (AvgIpc) is 2.28. The van der Waals surface area contributed by atoms with E-state index in [-0.39, 0.29) is 11.5 Å². The number of halogens is 1. The summed E-state index contributed by atoms with van der Waals surface area (Å²) in [4.78, 5) is 16.1. The molecule has 1 amide bonds. The predicted molar refractivity (Wildman–Crippen MR) is 72.8 cm³/mol. The van der Waals surface area contributed by atoms with Gasteiger partial charge in [0.15, 0.2) is 0 Å². The number of anilines is 2. The lowest BCUT2D eigenvalue weighted by atomic mass is 10.1. The van der Waals surface area contributed by atoms with Gasteiger partial charge in [0.25, 0.3) is 5.91 Å². The van der Waals surface area contributed by atoms with Crippen LogP contribution in [0.2, 0.25) is 5.02 Å². The predicted octanol–water partition coefficient (Wildman–Crippen LogP) is 2.88. The maximum atomic E-state index is 12.1. The van der Waals surface area contributed by atoms with E-state index in [0.29, 0.717) is 16.4 Å². The maximum Gasteiger partial charge on any atom is 0.259 e. The summed E-state index contributed by atoms with van der Waals surface area (Å²) in [5.74, 6) is -0.330. The Morgan fingerprint density at radius 3 is 2.83 bits per heavy atom. The van der Waals surface area contributed by atoms with E-state index in [1.54, 1.807) is 36.5 Å². The number of nitrogens with zero attached hydrogens (tertiary/aromatic N) is 1. The van der Waals surface area contributed by atoms with Crippen LogP contribution >= 0.6 is 11.6 Å². The molecule has 0 aliphatic rings. The molecule has 0 fully saturated rings. The number of carbonyl (C=O) groups excluding carboxylic acids is 1. The van der Waals surface area contributed by atoms with Crippen LogP contribution in [0, 0.1) is 6.92 Å². The number of carbonyl (C=O) groups is 1. The molecule has 4 nitrogen and oxygen atoms in total. The Morgan fingerprint density at radius 2 is 2.17 bits per heavy atom. The number of nitrogens with two attached hydrogens (primary N) is 1. The summed E-state index contributed by atoms with van der Waals surface area (Å²) in [7, 11) is 0. The van der Waals surface area contributed by atoms with Gasteiger partial charge in [-0.05, 0) is 31.2 Å². The first-order chi connectivity index (χ1) is 8.58. The molecule has 0 saturated heterocycles. The first-order valence-corrected chi connectivity index (χ1v) is 5.73. The van der Waals surface area contributed by atoms with Gasteiger partial charge < -0.3 is 11.1 Å². The van der Waals surface area contributed by atoms with Crippen LogP contribution < -0.4 is 11.1 Å². The van der Waals surface area contributed by atoms with Crippen LogP contribution in [0.4, 0.5) is 11.4 Å². The second-order valence-electron chi connectivity index (χ2n) is 3.84. The maximum absolute atomic E-state index is 12.1. The molecule has 3 N–H and O–H groups in total. The van der Waals surface area contributed by atoms with E-state index in [4.69, 9.17) is 17.3 Å². The highest BCUT2D eigenvalue weighted by Gasteiger charge is 2.13. The van der Waals surface area contributed by atoms with E-state index in [1.165, 1.54) is 0 Å². The number of pyridine rings is 1. The summed E-state index contributed by atoms with van der Waals surface area (Å²) < 4.78 is 0. The molecule has 5 heteroatoms. The zero-order valence-corrected chi connectivity index (χ0v) is 10.5. The molecule has 18 heavy (non-hydrogen) atoms. The summed E-state index contributed by atoms with van der Waals surface area (Å²) in [6.07, 6.45) is 1.63. The first kappa shape index (κ1) is 12.4. The Kier molecular flexibility index (Phi) is 3.48. The topological polar surface area (TPSA) is 68.0 Å². The van der Waals surface area contributed by atoms with Crippen molar-refractivity contribution >= 4 is 28.9 Å². The fraction of sp³-hybridized carbons (Fsp3) is 0.0769. The molecular formula is C13H12ClN3O. The summed E-state index contributed by atoms with van der Waals surface area (Å²) >= 11 is 5.97. The monoisotopic (exact) mass is 261 g/mol. The lowest BCUT2D eigenvalue weighted by molar-refractivity contribution is 0.102. The quantitative estimate of drug-likeness (QED) is 0.817. The molecule has 0 spiro atoms. The Bertz CT molecular complexity index is 578. The minimum atomic E-state index is -0.330. The van der Waals surface area contributed by atoms with Crippen LogP contribution in [0.3, 0.4) is 0 Å². The number of nitrogens with one attached hydrogen (secondary N) is 1. The van der Waals surface area contributed by atoms with Crippen molar-refractivity contribution in [1.82, 2.24) is 4.98 Å². The van der Waals surface area contributed by atoms with E-state index >= 15 is 0 Å². The van der Waals surface area contributed by atoms with E-state index < -0.39 is 0 Å². The Hall–Kier alpha value is -2.07. The van der Waals surface area contributed by atoms with Crippen molar-refractivity contribution in [2.45, 2.75) is 6.92 Å². The van der Waals surface area contributed by atoms with Crippen molar-refractivity contribution in [2.75, 3.05) is 11.1 Å². The van der Waals surface area contributed by atoms with Crippen molar-refractivity contribution in [3.8, 4) is 0 Å². The molecule has 0 aliphatic carbocycles. The van der Waals surface area contributed by atoms with Gasteiger partial charge in [-0.1, -0.05) is 17.7 Å². The molecule has 0 atom stereocenters. The summed E-state index contributed by atoms with van der Waals surface area (Å²) in [5, 5.41) is 3.07. The van der Waals surface area contributed by atoms with Crippen LogP contribution in [0.5, 0.6) is 0 Å². The molecule has 0 saturated carbocycles. The number of aryl methyl sites for hydroxylation is 1. The van der Waals surface area contributed by atoms with Crippen molar-refractivity contribution in [2.24, 2.45) is 0 Å². The second-order valence-corrected chi connectivity index (χ2v) is 4.25. The highest BCUT2D eigenvalue weighted by atomic mass is 35.5. The highest BCUT2D eigenvalue weighted by Crippen LogP contribution is 2.23. The van der Waals surface area contributed by atoms with Crippen LogP contribution in [-0.2, 0) is 0 Å². The van der Waals surface area contributed by atoms with E-state index in [2.05, 4.69) is 10.3 Å². The third-order valence-electron chi connectivity index (χ3n) is 2.43. The van der Waals surface area contributed by atoms with Gasteiger partial charge in [-0.3, -0.25) is 9.78 Å². The van der Waals surface area contributed by atoms with Gasteiger partial charge >= 0.3 is 0 Å². The number of hydrogen-bond acceptors (Lipinski definition) is 3. The van der Waals surface area contributed by atoms with E-state index in [1.807, 2.05) is 6.92 Å². The molecule has 1 heterocycles. The SMILES string of the molecule is Cc1cc(NC(=O)c2c(N)cccc2Cl)ccn1. The lowest BCUT2D eigenvalue weighted by Crippen LogP contribution is -2.14. The number of amides is 1. The molecule has 0 unspecified atom stereocenters. The van der Waals surface area contributed by atoms with Crippen molar-refractivity contribution in [3.63, 3.8) is 0 Å². The van der Waals surface area contributed by atoms with Gasteiger partial charge in [-0.15, -0.1) is 0 Å². The Morgan fingerprint density at radius 1 is 1.39 bits per heavy atom. The van der Waals surface area contributed by atoms with Gasteiger partial charge in [0.05, 0.1) is 10.6 Å².